The minimum absolute atomic E-state index is 0.133. The summed E-state index contributed by atoms with van der Waals surface area (Å²) in [5, 5.41) is 6.52. The van der Waals surface area contributed by atoms with Gasteiger partial charge in [-0.15, -0.1) is 0 Å². The third kappa shape index (κ3) is 5.14. The van der Waals surface area contributed by atoms with E-state index in [-0.39, 0.29) is 12.0 Å². The minimum Gasteiger partial charge on any atom is -0.459 e. The number of esters is 1. The van der Waals surface area contributed by atoms with Crippen molar-refractivity contribution in [1.82, 2.24) is 10.6 Å². The second-order valence-electron chi connectivity index (χ2n) is 4.93. The van der Waals surface area contributed by atoms with Crippen LogP contribution in [0.1, 0.15) is 33.6 Å². The van der Waals surface area contributed by atoms with Crippen molar-refractivity contribution < 1.29 is 9.53 Å². The van der Waals surface area contributed by atoms with E-state index in [1.54, 1.807) is 0 Å². The second-order valence-corrected chi connectivity index (χ2v) is 4.93. The standard InChI is InChI=1S/C11H22N2O2/c1-11(2,3)15-10(14)9-5-8-12-6-4-7-13-9/h9,12-13H,4-8H2,1-3H3. The molecule has 0 aliphatic carbocycles. The van der Waals surface area contributed by atoms with E-state index in [0.717, 1.165) is 32.5 Å². The molecule has 1 unspecified atom stereocenters. The SMILES string of the molecule is CC(C)(C)OC(=O)C1CCNCCCN1. The quantitative estimate of drug-likeness (QED) is 0.630. The van der Waals surface area contributed by atoms with E-state index in [0.29, 0.717) is 0 Å². The molecule has 0 aromatic rings. The molecule has 1 saturated heterocycles. The zero-order valence-corrected chi connectivity index (χ0v) is 9.93. The Balaban J connectivity index is 2.42. The monoisotopic (exact) mass is 214 g/mol. The lowest BCUT2D eigenvalue weighted by molar-refractivity contribution is -0.157. The molecule has 1 heterocycles. The Labute approximate surface area is 91.8 Å². The van der Waals surface area contributed by atoms with Crippen molar-refractivity contribution in [3.05, 3.63) is 0 Å². The smallest absolute Gasteiger partial charge is 0.323 e. The van der Waals surface area contributed by atoms with Gasteiger partial charge in [-0.2, -0.15) is 0 Å². The molecule has 88 valence electrons. The van der Waals surface area contributed by atoms with Crippen molar-refractivity contribution in [2.75, 3.05) is 19.6 Å². The van der Waals surface area contributed by atoms with Gasteiger partial charge in [0, 0.05) is 0 Å². The van der Waals surface area contributed by atoms with Crippen molar-refractivity contribution >= 4 is 5.97 Å². The fraction of sp³-hybridized carbons (Fsp3) is 0.909. The Morgan fingerprint density at radius 1 is 1.27 bits per heavy atom. The Morgan fingerprint density at radius 2 is 2.00 bits per heavy atom. The van der Waals surface area contributed by atoms with Crippen LogP contribution in [0.5, 0.6) is 0 Å². The summed E-state index contributed by atoms with van der Waals surface area (Å²) in [7, 11) is 0. The summed E-state index contributed by atoms with van der Waals surface area (Å²) in [4.78, 5) is 11.8. The van der Waals surface area contributed by atoms with Crippen molar-refractivity contribution in [3.8, 4) is 0 Å². The first-order valence-electron chi connectivity index (χ1n) is 5.66. The van der Waals surface area contributed by atoms with Crippen LogP contribution in [-0.2, 0) is 9.53 Å². The van der Waals surface area contributed by atoms with Crippen LogP contribution in [-0.4, -0.2) is 37.2 Å². The van der Waals surface area contributed by atoms with Gasteiger partial charge in [0.15, 0.2) is 0 Å². The van der Waals surface area contributed by atoms with E-state index in [1.807, 2.05) is 20.8 Å². The lowest BCUT2D eigenvalue weighted by Gasteiger charge is -2.25. The molecule has 0 saturated carbocycles. The lowest BCUT2D eigenvalue weighted by Crippen LogP contribution is -2.45. The normalized spacial score (nSPS) is 24.1. The van der Waals surface area contributed by atoms with Gasteiger partial charge in [0.2, 0.25) is 0 Å². The highest BCUT2D eigenvalue weighted by Crippen LogP contribution is 2.10. The highest BCUT2D eigenvalue weighted by Gasteiger charge is 2.24. The molecule has 1 rings (SSSR count). The summed E-state index contributed by atoms with van der Waals surface area (Å²) in [5.41, 5.74) is -0.394. The van der Waals surface area contributed by atoms with Gasteiger partial charge in [-0.3, -0.25) is 4.79 Å². The van der Waals surface area contributed by atoms with Crippen molar-refractivity contribution in [3.63, 3.8) is 0 Å². The van der Waals surface area contributed by atoms with Crippen molar-refractivity contribution in [2.45, 2.75) is 45.3 Å². The van der Waals surface area contributed by atoms with Crippen LogP contribution in [0.25, 0.3) is 0 Å². The third-order valence-electron chi connectivity index (χ3n) is 2.22. The maximum Gasteiger partial charge on any atom is 0.323 e. The largest absolute Gasteiger partial charge is 0.459 e. The van der Waals surface area contributed by atoms with Gasteiger partial charge in [-0.1, -0.05) is 0 Å². The maximum absolute atomic E-state index is 11.8. The molecule has 1 atom stereocenters. The van der Waals surface area contributed by atoms with E-state index in [9.17, 15) is 4.79 Å². The van der Waals surface area contributed by atoms with Gasteiger partial charge >= 0.3 is 5.97 Å². The van der Waals surface area contributed by atoms with Crippen molar-refractivity contribution in [2.24, 2.45) is 0 Å². The van der Waals surface area contributed by atoms with Gasteiger partial charge < -0.3 is 15.4 Å². The topological polar surface area (TPSA) is 50.4 Å². The molecule has 1 aliphatic heterocycles. The van der Waals surface area contributed by atoms with Gasteiger partial charge in [0.1, 0.15) is 11.6 Å². The van der Waals surface area contributed by atoms with Crippen LogP contribution in [0.3, 0.4) is 0 Å². The molecule has 0 aromatic heterocycles. The Hall–Kier alpha value is -0.610. The average Bonchev–Trinajstić information content (AvgIpc) is 1.98. The molecule has 4 nitrogen and oxygen atoms in total. The Kier molecular flexibility index (Phi) is 4.54. The maximum atomic E-state index is 11.8. The molecule has 0 spiro atoms. The summed E-state index contributed by atoms with van der Waals surface area (Å²) in [6, 6.07) is -0.156. The Bertz CT molecular complexity index is 203. The molecule has 4 heteroatoms. The average molecular weight is 214 g/mol. The van der Waals surface area contributed by atoms with Crippen LogP contribution in [0.4, 0.5) is 0 Å². The highest BCUT2D eigenvalue weighted by atomic mass is 16.6. The van der Waals surface area contributed by atoms with E-state index in [4.69, 9.17) is 4.74 Å². The molecule has 1 fully saturated rings. The van der Waals surface area contributed by atoms with Gasteiger partial charge in [0.25, 0.3) is 0 Å². The first kappa shape index (κ1) is 12.5. The lowest BCUT2D eigenvalue weighted by atomic mass is 10.1. The molecular formula is C11H22N2O2. The summed E-state index contributed by atoms with van der Waals surface area (Å²) < 4.78 is 5.34. The van der Waals surface area contributed by atoms with Gasteiger partial charge in [0.05, 0.1) is 0 Å². The predicted molar refractivity (Wildman–Crippen MR) is 59.7 cm³/mol. The molecule has 1 aliphatic rings. The third-order valence-corrected chi connectivity index (χ3v) is 2.22. The van der Waals surface area contributed by atoms with Crippen LogP contribution in [0, 0.1) is 0 Å². The first-order chi connectivity index (χ1) is 6.99. The summed E-state index contributed by atoms with van der Waals surface area (Å²) in [6.45, 7) is 8.45. The number of hydrogen-bond donors (Lipinski definition) is 2. The minimum atomic E-state index is -0.394. The van der Waals surface area contributed by atoms with Gasteiger partial charge in [-0.25, -0.2) is 0 Å². The van der Waals surface area contributed by atoms with Crippen LogP contribution >= 0.6 is 0 Å². The summed E-state index contributed by atoms with van der Waals surface area (Å²) >= 11 is 0. The molecule has 0 radical (unpaired) electrons. The van der Waals surface area contributed by atoms with Crippen molar-refractivity contribution in [1.29, 1.82) is 0 Å². The fourth-order valence-electron chi connectivity index (χ4n) is 1.54. The summed E-state index contributed by atoms with van der Waals surface area (Å²) in [6.07, 6.45) is 1.86. The van der Waals surface area contributed by atoms with E-state index in [1.165, 1.54) is 0 Å². The summed E-state index contributed by atoms with van der Waals surface area (Å²) in [5.74, 6) is -0.133. The number of carbonyl (C=O) groups excluding carboxylic acids is 1. The molecule has 0 amide bonds. The fourth-order valence-corrected chi connectivity index (χ4v) is 1.54. The Morgan fingerprint density at radius 3 is 2.67 bits per heavy atom. The zero-order chi connectivity index (χ0) is 11.3. The predicted octanol–water partition coefficient (Wildman–Crippen LogP) is 0.670. The van der Waals surface area contributed by atoms with E-state index in [2.05, 4.69) is 10.6 Å². The van der Waals surface area contributed by atoms with Crippen LogP contribution in [0.15, 0.2) is 0 Å². The zero-order valence-electron chi connectivity index (χ0n) is 9.93. The van der Waals surface area contributed by atoms with Gasteiger partial charge in [-0.05, 0) is 53.2 Å². The molecular weight excluding hydrogens is 192 g/mol. The number of hydrogen-bond acceptors (Lipinski definition) is 4. The number of ether oxygens (including phenoxy) is 1. The number of carbonyl (C=O) groups is 1. The first-order valence-corrected chi connectivity index (χ1v) is 5.66. The second kappa shape index (κ2) is 5.47. The molecule has 2 N–H and O–H groups in total. The number of nitrogens with one attached hydrogen (secondary N) is 2. The van der Waals surface area contributed by atoms with E-state index >= 15 is 0 Å². The molecule has 15 heavy (non-hydrogen) atoms. The number of rotatable bonds is 1. The van der Waals surface area contributed by atoms with E-state index < -0.39 is 5.60 Å². The highest BCUT2D eigenvalue weighted by molar-refractivity contribution is 5.76. The molecule has 0 bridgehead atoms. The van der Waals surface area contributed by atoms with Crippen LogP contribution < -0.4 is 10.6 Å². The molecule has 0 aromatic carbocycles. The van der Waals surface area contributed by atoms with Crippen LogP contribution in [0.2, 0.25) is 0 Å².